The maximum atomic E-state index is 11.6. The first-order valence-corrected chi connectivity index (χ1v) is 6.65. The lowest BCUT2D eigenvalue weighted by Gasteiger charge is -2.11. The third-order valence-corrected chi connectivity index (χ3v) is 3.49. The molecular weight excluding hydrogens is 266 g/mol. The molecule has 0 bridgehead atoms. The zero-order valence-electron chi connectivity index (χ0n) is 9.79. The normalized spacial score (nSPS) is 12.2. The number of halogens is 1. The molecule has 2 nitrogen and oxygen atoms in total. The zero-order chi connectivity index (χ0) is 12.0. The van der Waals surface area contributed by atoms with Gasteiger partial charge in [0, 0.05) is 17.8 Å². The van der Waals surface area contributed by atoms with Gasteiger partial charge in [-0.25, -0.2) is 0 Å². The van der Waals surface area contributed by atoms with Crippen LogP contribution in [0.1, 0.15) is 24.5 Å². The van der Waals surface area contributed by atoms with Crippen LogP contribution in [0.4, 0.5) is 0 Å². The number of hydrogen-bond donors (Lipinski definition) is 1. The molecule has 0 saturated carbocycles. The first-order chi connectivity index (χ1) is 7.63. The van der Waals surface area contributed by atoms with Crippen LogP contribution in [0.15, 0.2) is 24.3 Å². The summed E-state index contributed by atoms with van der Waals surface area (Å²) in [6.45, 7) is 4.06. The summed E-state index contributed by atoms with van der Waals surface area (Å²) in [6.07, 6.45) is 1.37. The first kappa shape index (κ1) is 13.2. The Labute approximate surface area is 106 Å². The molecule has 1 amide bonds. The predicted octanol–water partition coefficient (Wildman–Crippen LogP) is 2.83. The van der Waals surface area contributed by atoms with Crippen LogP contribution in [-0.4, -0.2) is 17.3 Å². The molecule has 16 heavy (non-hydrogen) atoms. The highest BCUT2D eigenvalue weighted by molar-refractivity contribution is 9.09. The lowest BCUT2D eigenvalue weighted by atomic mass is 10.0. The Balaban J connectivity index is 2.40. The van der Waals surface area contributed by atoms with Gasteiger partial charge in [0.05, 0.1) is 0 Å². The van der Waals surface area contributed by atoms with Crippen molar-refractivity contribution in [2.24, 2.45) is 0 Å². The van der Waals surface area contributed by atoms with E-state index in [-0.39, 0.29) is 11.9 Å². The summed E-state index contributed by atoms with van der Waals surface area (Å²) in [5, 5.41) is 3.73. The lowest BCUT2D eigenvalue weighted by Crippen LogP contribution is -2.33. The minimum absolute atomic E-state index is 0.121. The Morgan fingerprint density at radius 1 is 1.44 bits per heavy atom. The van der Waals surface area contributed by atoms with Crippen LogP contribution in [0.25, 0.3) is 0 Å². The molecule has 0 aromatic heterocycles. The van der Waals surface area contributed by atoms with Gasteiger partial charge in [-0.15, -0.1) is 0 Å². The Hall–Kier alpha value is -0.830. The molecule has 0 spiro atoms. The minimum Gasteiger partial charge on any atom is -0.353 e. The fourth-order valence-corrected chi connectivity index (χ4v) is 1.69. The van der Waals surface area contributed by atoms with Gasteiger partial charge < -0.3 is 5.32 Å². The van der Waals surface area contributed by atoms with Gasteiger partial charge in [-0.2, -0.15) is 0 Å². The molecule has 0 aliphatic carbocycles. The van der Waals surface area contributed by atoms with Crippen molar-refractivity contribution in [2.75, 3.05) is 5.33 Å². The zero-order valence-corrected chi connectivity index (χ0v) is 11.4. The van der Waals surface area contributed by atoms with Crippen molar-refractivity contribution in [1.29, 1.82) is 0 Å². The first-order valence-electron chi connectivity index (χ1n) is 5.53. The van der Waals surface area contributed by atoms with E-state index in [2.05, 4.69) is 40.3 Å². The summed E-state index contributed by atoms with van der Waals surface area (Å²) in [5.74, 6) is 0.121. The van der Waals surface area contributed by atoms with Gasteiger partial charge in [0.25, 0.3) is 0 Å². The van der Waals surface area contributed by atoms with E-state index in [0.29, 0.717) is 6.42 Å². The van der Waals surface area contributed by atoms with Crippen molar-refractivity contribution in [3.63, 3.8) is 0 Å². The Bertz CT molecular complexity index is 352. The number of amides is 1. The predicted molar refractivity (Wildman–Crippen MR) is 70.9 cm³/mol. The van der Waals surface area contributed by atoms with Crippen molar-refractivity contribution >= 4 is 21.8 Å². The number of aryl methyl sites for hydroxylation is 2. The summed E-state index contributed by atoms with van der Waals surface area (Å²) < 4.78 is 0. The summed E-state index contributed by atoms with van der Waals surface area (Å²) in [4.78, 5) is 11.6. The number of rotatable bonds is 5. The van der Waals surface area contributed by atoms with Gasteiger partial charge in [-0.3, -0.25) is 4.79 Å². The molecule has 1 aromatic rings. The van der Waals surface area contributed by atoms with Crippen molar-refractivity contribution < 1.29 is 4.79 Å². The second-order valence-corrected chi connectivity index (χ2v) is 4.70. The minimum atomic E-state index is 0.121. The third kappa shape index (κ3) is 4.35. The van der Waals surface area contributed by atoms with Crippen LogP contribution in [0.5, 0.6) is 0 Å². The maximum absolute atomic E-state index is 11.6. The fraction of sp³-hybridized carbons (Fsp3) is 0.462. The molecular formula is C13H18BrNO. The van der Waals surface area contributed by atoms with E-state index in [9.17, 15) is 4.79 Å². The second-order valence-electron chi connectivity index (χ2n) is 4.05. The molecule has 0 heterocycles. The molecule has 0 aliphatic rings. The standard InChI is InChI=1S/C13H18BrNO/c1-10-5-3-4-6-12(10)7-8-13(16)15-11(2)9-14/h3-6,11H,7-9H2,1-2H3,(H,15,16). The van der Waals surface area contributed by atoms with E-state index < -0.39 is 0 Å². The third-order valence-electron chi connectivity index (χ3n) is 2.52. The van der Waals surface area contributed by atoms with Gasteiger partial charge in [0.1, 0.15) is 0 Å². The number of carbonyl (C=O) groups is 1. The molecule has 1 unspecified atom stereocenters. The molecule has 1 N–H and O–H groups in total. The van der Waals surface area contributed by atoms with E-state index in [0.717, 1.165) is 11.8 Å². The van der Waals surface area contributed by atoms with Gasteiger partial charge >= 0.3 is 0 Å². The molecule has 88 valence electrons. The highest BCUT2D eigenvalue weighted by Crippen LogP contribution is 2.09. The van der Waals surface area contributed by atoms with E-state index >= 15 is 0 Å². The van der Waals surface area contributed by atoms with Gasteiger partial charge in [0.15, 0.2) is 0 Å². The molecule has 1 aromatic carbocycles. The van der Waals surface area contributed by atoms with Crippen LogP contribution in [0.2, 0.25) is 0 Å². The van der Waals surface area contributed by atoms with Crippen LogP contribution in [-0.2, 0) is 11.2 Å². The average molecular weight is 284 g/mol. The summed E-state index contributed by atoms with van der Waals surface area (Å²) in [6, 6.07) is 8.39. The van der Waals surface area contributed by atoms with E-state index in [1.54, 1.807) is 0 Å². The summed E-state index contributed by atoms with van der Waals surface area (Å²) in [7, 11) is 0. The van der Waals surface area contributed by atoms with Crippen LogP contribution >= 0.6 is 15.9 Å². The fourth-order valence-electron chi connectivity index (χ4n) is 1.52. The molecule has 0 radical (unpaired) electrons. The average Bonchev–Trinajstić information content (AvgIpc) is 2.28. The van der Waals surface area contributed by atoms with Crippen LogP contribution < -0.4 is 5.32 Å². The quantitative estimate of drug-likeness (QED) is 0.828. The summed E-state index contributed by atoms with van der Waals surface area (Å²) in [5.41, 5.74) is 2.51. The van der Waals surface area contributed by atoms with Gasteiger partial charge in [0.2, 0.25) is 5.91 Å². The summed E-state index contributed by atoms with van der Waals surface area (Å²) >= 11 is 3.34. The van der Waals surface area contributed by atoms with Crippen molar-refractivity contribution in [3.8, 4) is 0 Å². The van der Waals surface area contributed by atoms with Crippen molar-refractivity contribution in [2.45, 2.75) is 32.7 Å². The maximum Gasteiger partial charge on any atom is 0.220 e. The Morgan fingerprint density at radius 2 is 2.12 bits per heavy atom. The van der Waals surface area contributed by atoms with E-state index in [1.165, 1.54) is 11.1 Å². The Morgan fingerprint density at radius 3 is 2.75 bits per heavy atom. The lowest BCUT2D eigenvalue weighted by molar-refractivity contribution is -0.121. The molecule has 1 atom stereocenters. The highest BCUT2D eigenvalue weighted by atomic mass is 79.9. The van der Waals surface area contributed by atoms with E-state index in [1.807, 2.05) is 19.1 Å². The molecule has 0 fully saturated rings. The van der Waals surface area contributed by atoms with Gasteiger partial charge in [-0.05, 0) is 31.4 Å². The molecule has 1 rings (SSSR count). The smallest absolute Gasteiger partial charge is 0.220 e. The van der Waals surface area contributed by atoms with Crippen molar-refractivity contribution in [3.05, 3.63) is 35.4 Å². The van der Waals surface area contributed by atoms with Crippen LogP contribution in [0.3, 0.4) is 0 Å². The van der Waals surface area contributed by atoms with Crippen LogP contribution in [0, 0.1) is 6.92 Å². The molecule has 0 aliphatic heterocycles. The largest absolute Gasteiger partial charge is 0.353 e. The topological polar surface area (TPSA) is 29.1 Å². The Kier molecular flexibility index (Phi) is 5.53. The second kappa shape index (κ2) is 6.69. The van der Waals surface area contributed by atoms with E-state index in [4.69, 9.17) is 0 Å². The number of nitrogens with one attached hydrogen (secondary N) is 1. The monoisotopic (exact) mass is 283 g/mol. The number of alkyl halides is 1. The molecule has 0 saturated heterocycles. The number of carbonyl (C=O) groups excluding carboxylic acids is 1. The highest BCUT2D eigenvalue weighted by Gasteiger charge is 2.06. The number of benzene rings is 1. The number of hydrogen-bond acceptors (Lipinski definition) is 1. The molecule has 3 heteroatoms. The SMILES string of the molecule is Cc1ccccc1CCC(=O)NC(C)CBr. The van der Waals surface area contributed by atoms with Crippen molar-refractivity contribution in [1.82, 2.24) is 5.32 Å². The van der Waals surface area contributed by atoms with Gasteiger partial charge in [-0.1, -0.05) is 40.2 Å².